The quantitative estimate of drug-likeness (QED) is 0.554. The zero-order valence-electron chi connectivity index (χ0n) is 21.7. The summed E-state index contributed by atoms with van der Waals surface area (Å²) >= 11 is 0. The van der Waals surface area contributed by atoms with Gasteiger partial charge in [0.2, 0.25) is 11.8 Å². The Bertz CT molecular complexity index is 755. The van der Waals surface area contributed by atoms with E-state index in [4.69, 9.17) is 0 Å². The fraction of sp³-hybridized carbons (Fsp3) is 0.692. The minimum Gasteiger partial charge on any atom is -0.377 e. The van der Waals surface area contributed by atoms with Crippen LogP contribution in [0.25, 0.3) is 0 Å². The lowest BCUT2D eigenvalue weighted by Crippen LogP contribution is -2.42. The van der Waals surface area contributed by atoms with Crippen molar-refractivity contribution in [2.24, 2.45) is 16.7 Å². The van der Waals surface area contributed by atoms with Gasteiger partial charge in [0.25, 0.3) is 0 Å². The molecule has 0 fully saturated rings. The van der Waals surface area contributed by atoms with Crippen molar-refractivity contribution in [1.82, 2.24) is 4.90 Å². The van der Waals surface area contributed by atoms with E-state index in [0.717, 1.165) is 16.9 Å². The van der Waals surface area contributed by atoms with Crippen LogP contribution < -0.4 is 10.2 Å². The van der Waals surface area contributed by atoms with Crippen LogP contribution in [0.2, 0.25) is 0 Å². The molecule has 0 aliphatic heterocycles. The predicted molar refractivity (Wildman–Crippen MR) is 132 cm³/mol. The molecular formula is C26H45N3O2. The molecule has 1 atom stereocenters. The second-order valence-corrected chi connectivity index (χ2v) is 11.8. The summed E-state index contributed by atoms with van der Waals surface area (Å²) in [6.45, 7) is 19.4. The normalized spacial score (nSPS) is 13.2. The number of benzene rings is 1. The molecule has 31 heavy (non-hydrogen) atoms. The van der Waals surface area contributed by atoms with Gasteiger partial charge in [-0.1, -0.05) is 55.4 Å². The summed E-state index contributed by atoms with van der Waals surface area (Å²) in [7, 11) is 4.01. The van der Waals surface area contributed by atoms with Gasteiger partial charge in [0, 0.05) is 50.9 Å². The number of rotatable bonds is 8. The lowest BCUT2D eigenvalue weighted by atomic mass is 9.90. The van der Waals surface area contributed by atoms with Crippen LogP contribution >= 0.6 is 0 Å². The first-order chi connectivity index (χ1) is 14.0. The maximum Gasteiger partial charge on any atom is 0.224 e. The first kappa shape index (κ1) is 27.0. The van der Waals surface area contributed by atoms with E-state index in [0.29, 0.717) is 25.3 Å². The van der Waals surface area contributed by atoms with Crippen molar-refractivity contribution in [3.63, 3.8) is 0 Å². The molecule has 0 unspecified atom stereocenters. The average Bonchev–Trinajstić information content (AvgIpc) is 2.55. The summed E-state index contributed by atoms with van der Waals surface area (Å²) < 4.78 is 0. The van der Waals surface area contributed by atoms with Gasteiger partial charge in [-0.25, -0.2) is 0 Å². The number of anilines is 2. The molecule has 0 aromatic heterocycles. The predicted octanol–water partition coefficient (Wildman–Crippen LogP) is 5.94. The molecule has 1 aromatic carbocycles. The van der Waals surface area contributed by atoms with Crippen molar-refractivity contribution < 1.29 is 9.59 Å². The van der Waals surface area contributed by atoms with Gasteiger partial charge in [0.15, 0.2) is 0 Å². The van der Waals surface area contributed by atoms with Gasteiger partial charge in [-0.05, 0) is 47.4 Å². The van der Waals surface area contributed by atoms with E-state index in [2.05, 4.69) is 72.5 Å². The Morgan fingerprint density at radius 1 is 0.935 bits per heavy atom. The third kappa shape index (κ3) is 9.32. The Balaban J connectivity index is 3.27. The monoisotopic (exact) mass is 431 g/mol. The van der Waals surface area contributed by atoms with Crippen molar-refractivity contribution in [3.8, 4) is 0 Å². The zero-order chi connectivity index (χ0) is 24.1. The lowest BCUT2D eigenvalue weighted by molar-refractivity contribution is -0.136. The Hall–Kier alpha value is -2.04. The second-order valence-electron chi connectivity index (χ2n) is 11.8. The molecule has 0 saturated carbocycles. The number of amides is 2. The van der Waals surface area contributed by atoms with E-state index in [1.165, 1.54) is 0 Å². The van der Waals surface area contributed by atoms with Crippen molar-refractivity contribution >= 4 is 23.2 Å². The minimum absolute atomic E-state index is 0.00673. The van der Waals surface area contributed by atoms with Crippen LogP contribution in [0, 0.1) is 16.7 Å². The molecule has 0 spiro atoms. The first-order valence-corrected chi connectivity index (χ1v) is 11.4. The van der Waals surface area contributed by atoms with E-state index in [9.17, 15) is 9.59 Å². The molecule has 176 valence electrons. The maximum atomic E-state index is 13.3. The van der Waals surface area contributed by atoms with Gasteiger partial charge < -0.3 is 15.1 Å². The van der Waals surface area contributed by atoms with E-state index in [1.54, 1.807) is 0 Å². The van der Waals surface area contributed by atoms with E-state index in [-0.39, 0.29) is 28.7 Å². The molecule has 5 heteroatoms. The standard InChI is InChI=1S/C26H45N3O2/c1-18(2)19(3)29(24(31)16-26(7,8)9)17-20-14-21(12-13-22(20)28(10)11)27-23(30)15-25(4,5)6/h12-14,18-19H,15-17H2,1-11H3,(H,27,30)/t19-/m0/s1. The topological polar surface area (TPSA) is 52.7 Å². The van der Waals surface area contributed by atoms with Gasteiger partial charge in [0.1, 0.15) is 0 Å². The highest BCUT2D eigenvalue weighted by Gasteiger charge is 2.27. The molecule has 0 saturated heterocycles. The van der Waals surface area contributed by atoms with Crippen LogP contribution in [0.15, 0.2) is 18.2 Å². The van der Waals surface area contributed by atoms with Crippen LogP contribution in [-0.4, -0.2) is 36.9 Å². The lowest BCUT2D eigenvalue weighted by Gasteiger charge is -2.35. The Morgan fingerprint density at radius 2 is 1.48 bits per heavy atom. The highest BCUT2D eigenvalue weighted by atomic mass is 16.2. The van der Waals surface area contributed by atoms with Crippen LogP contribution in [0.5, 0.6) is 0 Å². The summed E-state index contributed by atoms with van der Waals surface area (Å²) in [6, 6.07) is 6.09. The molecule has 0 radical (unpaired) electrons. The van der Waals surface area contributed by atoms with Gasteiger partial charge in [0.05, 0.1) is 0 Å². The van der Waals surface area contributed by atoms with Crippen molar-refractivity contribution in [2.75, 3.05) is 24.3 Å². The van der Waals surface area contributed by atoms with Crippen molar-refractivity contribution in [1.29, 1.82) is 0 Å². The summed E-state index contributed by atoms with van der Waals surface area (Å²) in [5.74, 6) is 0.522. The number of hydrogen-bond donors (Lipinski definition) is 1. The fourth-order valence-corrected chi connectivity index (χ4v) is 3.47. The number of nitrogens with zero attached hydrogens (tertiary/aromatic N) is 2. The Labute approximate surface area is 190 Å². The Kier molecular flexibility index (Phi) is 9.16. The smallest absolute Gasteiger partial charge is 0.224 e. The van der Waals surface area contributed by atoms with Crippen molar-refractivity contribution in [3.05, 3.63) is 23.8 Å². The first-order valence-electron chi connectivity index (χ1n) is 11.4. The number of nitrogens with one attached hydrogen (secondary N) is 1. The van der Waals surface area contributed by atoms with Crippen LogP contribution in [0.4, 0.5) is 11.4 Å². The molecular weight excluding hydrogens is 386 g/mol. The molecule has 5 nitrogen and oxygen atoms in total. The van der Waals surface area contributed by atoms with E-state index < -0.39 is 0 Å². The molecule has 0 aliphatic rings. The van der Waals surface area contributed by atoms with Gasteiger partial charge >= 0.3 is 0 Å². The summed E-state index contributed by atoms with van der Waals surface area (Å²) in [5.41, 5.74) is 2.72. The number of carbonyl (C=O) groups excluding carboxylic acids is 2. The number of carbonyl (C=O) groups is 2. The zero-order valence-corrected chi connectivity index (χ0v) is 21.7. The third-order valence-corrected chi connectivity index (χ3v) is 5.33. The molecule has 1 aromatic rings. The summed E-state index contributed by atoms with van der Waals surface area (Å²) in [4.78, 5) is 29.8. The van der Waals surface area contributed by atoms with Crippen LogP contribution in [0.1, 0.15) is 80.7 Å². The van der Waals surface area contributed by atoms with Crippen molar-refractivity contribution in [2.45, 2.75) is 87.7 Å². The molecule has 2 amide bonds. The third-order valence-electron chi connectivity index (χ3n) is 5.33. The molecule has 1 rings (SSSR count). The maximum absolute atomic E-state index is 13.3. The van der Waals surface area contributed by atoms with E-state index >= 15 is 0 Å². The highest BCUT2D eigenvalue weighted by molar-refractivity contribution is 5.91. The van der Waals surface area contributed by atoms with Gasteiger partial charge in [-0.15, -0.1) is 0 Å². The Morgan fingerprint density at radius 3 is 1.94 bits per heavy atom. The molecule has 1 N–H and O–H groups in total. The molecule has 0 heterocycles. The number of hydrogen-bond acceptors (Lipinski definition) is 3. The van der Waals surface area contributed by atoms with Gasteiger partial charge in [-0.2, -0.15) is 0 Å². The highest BCUT2D eigenvalue weighted by Crippen LogP contribution is 2.29. The second kappa shape index (κ2) is 10.5. The summed E-state index contributed by atoms with van der Waals surface area (Å²) in [5, 5.41) is 3.04. The van der Waals surface area contributed by atoms with Crippen LogP contribution in [-0.2, 0) is 16.1 Å². The van der Waals surface area contributed by atoms with Crippen LogP contribution in [0.3, 0.4) is 0 Å². The molecule has 0 aliphatic carbocycles. The van der Waals surface area contributed by atoms with Gasteiger partial charge in [-0.3, -0.25) is 9.59 Å². The largest absolute Gasteiger partial charge is 0.377 e. The minimum atomic E-state index is -0.0702. The molecule has 0 bridgehead atoms. The fourth-order valence-electron chi connectivity index (χ4n) is 3.47. The SMILES string of the molecule is CC(C)[C@H](C)N(Cc1cc(NC(=O)CC(C)(C)C)ccc1N(C)C)C(=O)CC(C)(C)C. The average molecular weight is 432 g/mol. The van der Waals surface area contributed by atoms with E-state index in [1.807, 2.05) is 37.2 Å². The summed E-state index contributed by atoms with van der Waals surface area (Å²) in [6.07, 6.45) is 0.960.